The zero-order valence-corrected chi connectivity index (χ0v) is 17.4. The minimum atomic E-state index is -1.16. The maximum atomic E-state index is 12.3. The van der Waals surface area contributed by atoms with Gasteiger partial charge in [0.1, 0.15) is 5.60 Å². The van der Waals surface area contributed by atoms with E-state index in [0.29, 0.717) is 28.1 Å². The third-order valence-electron chi connectivity index (χ3n) is 8.27. The van der Waals surface area contributed by atoms with Crippen molar-refractivity contribution < 1.29 is 14.7 Å². The topological polar surface area (TPSA) is 54.4 Å². The fourth-order valence-electron chi connectivity index (χ4n) is 6.72. The number of rotatable bonds is 1. The van der Waals surface area contributed by atoms with E-state index in [-0.39, 0.29) is 22.4 Å². The van der Waals surface area contributed by atoms with Gasteiger partial charge in [0.05, 0.1) is 0 Å². The fourth-order valence-corrected chi connectivity index (χ4v) is 8.20. The van der Waals surface area contributed by atoms with Crippen LogP contribution >= 0.6 is 22.6 Å². The molecule has 0 bridgehead atoms. The minimum absolute atomic E-state index is 0.0431. The molecule has 0 amide bonds. The second kappa shape index (κ2) is 5.51. The van der Waals surface area contributed by atoms with Crippen molar-refractivity contribution in [1.82, 2.24) is 0 Å². The van der Waals surface area contributed by atoms with Crippen molar-refractivity contribution in [3.05, 3.63) is 23.8 Å². The van der Waals surface area contributed by atoms with Gasteiger partial charge in [-0.2, -0.15) is 0 Å². The Morgan fingerprint density at radius 2 is 1.92 bits per heavy atom. The summed E-state index contributed by atoms with van der Waals surface area (Å²) in [6.45, 7) is 6.00. The highest BCUT2D eigenvalue weighted by Crippen LogP contribution is 2.67. The van der Waals surface area contributed by atoms with Crippen LogP contribution < -0.4 is 0 Å². The van der Waals surface area contributed by atoms with Crippen LogP contribution in [0.1, 0.15) is 52.9 Å². The molecule has 0 aromatic heterocycles. The van der Waals surface area contributed by atoms with Crippen molar-refractivity contribution in [1.29, 1.82) is 0 Å². The van der Waals surface area contributed by atoms with Crippen LogP contribution in [0.4, 0.5) is 0 Å². The number of hydrogen-bond acceptors (Lipinski definition) is 3. The standard InChI is InChI=1S/C21H27IO3/c1-12(23)21(25)9-6-16-18-15(5-8-20(16,21)3)19(2)7-4-14(24)10-13(19)11-17(18)22/h4,7,10,15-18,25H,5-6,8-9,11H2,1-3H3/t15-,16-,17?,18+,19-,20-,21-/m0/s1. The van der Waals surface area contributed by atoms with E-state index in [9.17, 15) is 14.7 Å². The van der Waals surface area contributed by atoms with E-state index < -0.39 is 5.60 Å². The number of carbonyl (C=O) groups is 2. The lowest BCUT2D eigenvalue weighted by Gasteiger charge is -2.59. The summed E-state index contributed by atoms with van der Waals surface area (Å²) in [6.07, 6.45) is 10.1. The van der Waals surface area contributed by atoms with Crippen molar-refractivity contribution in [3.63, 3.8) is 0 Å². The van der Waals surface area contributed by atoms with Crippen molar-refractivity contribution in [2.45, 2.75) is 62.4 Å². The van der Waals surface area contributed by atoms with E-state index in [2.05, 4.69) is 42.5 Å². The Labute approximate surface area is 163 Å². The van der Waals surface area contributed by atoms with Crippen molar-refractivity contribution in [2.24, 2.45) is 28.6 Å². The third kappa shape index (κ3) is 2.19. The largest absolute Gasteiger partial charge is 0.382 e. The smallest absolute Gasteiger partial charge is 0.178 e. The van der Waals surface area contributed by atoms with Gasteiger partial charge < -0.3 is 5.11 Å². The highest BCUT2D eigenvalue weighted by Gasteiger charge is 2.66. The maximum Gasteiger partial charge on any atom is 0.178 e. The number of halogens is 1. The summed E-state index contributed by atoms with van der Waals surface area (Å²) >= 11 is 2.56. The first-order chi connectivity index (χ1) is 11.6. The van der Waals surface area contributed by atoms with Gasteiger partial charge in [-0.25, -0.2) is 0 Å². The molecule has 0 saturated heterocycles. The molecule has 4 rings (SSSR count). The summed E-state index contributed by atoms with van der Waals surface area (Å²) in [7, 11) is 0. The van der Waals surface area contributed by atoms with E-state index in [1.165, 1.54) is 5.57 Å². The summed E-state index contributed by atoms with van der Waals surface area (Å²) in [5, 5.41) is 11.2. The van der Waals surface area contributed by atoms with E-state index in [0.717, 1.165) is 25.7 Å². The predicted octanol–water partition coefficient (Wildman–Crippen LogP) is 4.03. The Bertz CT molecular complexity index is 710. The molecule has 4 heteroatoms. The van der Waals surface area contributed by atoms with Gasteiger partial charge in [-0.15, -0.1) is 0 Å². The molecule has 25 heavy (non-hydrogen) atoms. The summed E-state index contributed by atoms with van der Waals surface area (Å²) in [4.78, 5) is 24.2. The van der Waals surface area contributed by atoms with Crippen LogP contribution in [0.3, 0.4) is 0 Å². The molecule has 4 aliphatic rings. The molecule has 4 aliphatic carbocycles. The molecule has 0 aliphatic heterocycles. The Balaban J connectivity index is 1.76. The lowest BCUT2D eigenvalue weighted by Crippen LogP contribution is -2.58. The van der Waals surface area contributed by atoms with Gasteiger partial charge >= 0.3 is 0 Å². The molecule has 0 radical (unpaired) electrons. The van der Waals surface area contributed by atoms with Crippen LogP contribution in [-0.4, -0.2) is 26.2 Å². The number of allylic oxidation sites excluding steroid dienone is 4. The molecule has 3 saturated carbocycles. The van der Waals surface area contributed by atoms with Crippen LogP contribution in [0, 0.1) is 28.6 Å². The summed E-state index contributed by atoms with van der Waals surface area (Å²) < 4.78 is 0.458. The molecule has 3 nitrogen and oxygen atoms in total. The van der Waals surface area contributed by atoms with Gasteiger partial charge in [-0.1, -0.05) is 48.1 Å². The highest BCUT2D eigenvalue weighted by atomic mass is 127. The van der Waals surface area contributed by atoms with Gasteiger partial charge in [0.2, 0.25) is 0 Å². The number of Topliss-reactive ketones (excluding diaryl/α,β-unsaturated/α-hetero) is 1. The van der Waals surface area contributed by atoms with Crippen LogP contribution in [0.25, 0.3) is 0 Å². The van der Waals surface area contributed by atoms with Gasteiger partial charge in [0.25, 0.3) is 0 Å². The molecule has 136 valence electrons. The van der Waals surface area contributed by atoms with Gasteiger partial charge in [0.15, 0.2) is 11.6 Å². The number of carbonyl (C=O) groups excluding carboxylic acids is 2. The molecule has 3 fully saturated rings. The third-order valence-corrected chi connectivity index (χ3v) is 9.54. The van der Waals surface area contributed by atoms with E-state index in [4.69, 9.17) is 0 Å². The van der Waals surface area contributed by atoms with Crippen molar-refractivity contribution in [3.8, 4) is 0 Å². The second-order valence-electron chi connectivity index (χ2n) is 9.11. The molecule has 0 spiro atoms. The molecule has 0 aromatic rings. The summed E-state index contributed by atoms with van der Waals surface area (Å²) in [6, 6.07) is 0. The first-order valence-electron chi connectivity index (χ1n) is 9.45. The Morgan fingerprint density at radius 3 is 2.60 bits per heavy atom. The van der Waals surface area contributed by atoms with Crippen molar-refractivity contribution >= 4 is 34.2 Å². The number of ketones is 2. The normalized spacial score (nSPS) is 51.4. The van der Waals surface area contributed by atoms with E-state index >= 15 is 0 Å². The lowest BCUT2D eigenvalue weighted by atomic mass is 9.47. The summed E-state index contributed by atoms with van der Waals surface area (Å²) in [5.41, 5.74) is -0.230. The van der Waals surface area contributed by atoms with Crippen LogP contribution in [0.2, 0.25) is 0 Å². The van der Waals surface area contributed by atoms with Crippen LogP contribution in [0.15, 0.2) is 23.8 Å². The van der Waals surface area contributed by atoms with Crippen LogP contribution in [-0.2, 0) is 9.59 Å². The number of hydrogen-bond donors (Lipinski definition) is 1. The average molecular weight is 454 g/mol. The molecular formula is C21H27IO3. The van der Waals surface area contributed by atoms with Gasteiger partial charge in [-0.3, -0.25) is 9.59 Å². The average Bonchev–Trinajstić information content (AvgIpc) is 2.82. The van der Waals surface area contributed by atoms with Crippen LogP contribution in [0.5, 0.6) is 0 Å². The Kier molecular flexibility index (Phi) is 3.94. The predicted molar refractivity (Wildman–Crippen MR) is 105 cm³/mol. The highest BCUT2D eigenvalue weighted by molar-refractivity contribution is 14.1. The van der Waals surface area contributed by atoms with Gasteiger partial charge in [-0.05, 0) is 68.9 Å². The quantitative estimate of drug-likeness (QED) is 0.481. The Hall–Kier alpha value is -0.490. The lowest BCUT2D eigenvalue weighted by molar-refractivity contribution is -0.158. The first kappa shape index (κ1) is 17.9. The monoisotopic (exact) mass is 454 g/mol. The minimum Gasteiger partial charge on any atom is -0.382 e. The number of alkyl halides is 1. The van der Waals surface area contributed by atoms with E-state index in [1.807, 2.05) is 6.08 Å². The second-order valence-corrected chi connectivity index (χ2v) is 10.7. The number of fused-ring (bicyclic) bond motifs is 5. The maximum absolute atomic E-state index is 12.3. The van der Waals surface area contributed by atoms with Crippen molar-refractivity contribution in [2.75, 3.05) is 0 Å². The van der Waals surface area contributed by atoms with Gasteiger partial charge in [0, 0.05) is 14.8 Å². The zero-order valence-electron chi connectivity index (χ0n) is 15.2. The Morgan fingerprint density at radius 1 is 1.24 bits per heavy atom. The number of aliphatic hydroxyl groups is 1. The van der Waals surface area contributed by atoms with E-state index in [1.54, 1.807) is 13.0 Å². The molecule has 1 N–H and O–H groups in total. The fraction of sp³-hybridized carbons (Fsp3) is 0.714. The SMILES string of the molecule is CC(=O)[C@@]1(O)CC[C@H]2[C@@H]3C(I)CC4=CC(=O)C=C[C@]4(C)[C@H]3CC[C@@]21C. The molecule has 0 heterocycles. The zero-order chi connectivity index (χ0) is 18.2. The first-order valence-corrected chi connectivity index (χ1v) is 10.7. The summed E-state index contributed by atoms with van der Waals surface area (Å²) in [5.74, 6) is 1.42. The molecule has 7 atom stereocenters. The molecule has 0 aromatic carbocycles. The molecule has 1 unspecified atom stereocenters. The molecular weight excluding hydrogens is 427 g/mol.